The standard InChI is InChI=1S/C10H22N4.2ClH.2H2O/c1-5-11-9(12-6-1)3-4-10-13-7-2-8-14-10;;;;/h9-14H,1-8H2;2*1H;2*1H2. The molecule has 6 nitrogen and oxygen atoms in total. The Balaban J connectivity index is -0.000000562. The number of hydrogen-bond acceptors (Lipinski definition) is 2. The first-order chi connectivity index (χ1) is 6.95. The lowest BCUT2D eigenvalue weighted by Crippen LogP contribution is -3.00. The van der Waals surface area contributed by atoms with Crippen LogP contribution in [0.2, 0.25) is 0 Å². The highest BCUT2D eigenvalue weighted by Crippen LogP contribution is 1.96. The number of nitrogens with two attached hydrogens (primary N) is 2. The molecule has 10 N–H and O–H groups in total. The third kappa shape index (κ3) is 8.44. The van der Waals surface area contributed by atoms with Crippen molar-refractivity contribution in [2.75, 3.05) is 26.2 Å². The van der Waals surface area contributed by atoms with Crippen molar-refractivity contribution >= 4 is 0 Å². The number of hydrogen-bond donors (Lipinski definition) is 4. The molecule has 0 saturated carbocycles. The third-order valence-electron chi connectivity index (χ3n) is 3.27. The molecule has 0 aliphatic carbocycles. The fraction of sp³-hybridized carbons (Fsp3) is 1.00. The number of quaternary nitrogens is 2. The van der Waals surface area contributed by atoms with Crippen molar-refractivity contribution in [1.29, 1.82) is 0 Å². The highest BCUT2D eigenvalue weighted by Gasteiger charge is 2.20. The second-order valence-corrected chi connectivity index (χ2v) is 4.45. The highest BCUT2D eigenvalue weighted by molar-refractivity contribution is 4.62. The molecule has 0 aromatic heterocycles. The Bertz CT molecular complexity index is 150. The fourth-order valence-electron chi connectivity index (χ4n) is 2.38. The van der Waals surface area contributed by atoms with Gasteiger partial charge in [0.25, 0.3) is 0 Å². The van der Waals surface area contributed by atoms with Crippen LogP contribution in [0, 0.1) is 0 Å². The second kappa shape index (κ2) is 13.8. The molecular formula is C10H28Cl2N4O2. The molecule has 2 saturated heterocycles. The van der Waals surface area contributed by atoms with E-state index in [2.05, 4.69) is 21.3 Å². The zero-order chi connectivity index (χ0) is 9.64. The molecule has 2 atom stereocenters. The van der Waals surface area contributed by atoms with E-state index in [1.54, 1.807) is 0 Å². The smallest absolute Gasteiger partial charge is 0.140 e. The minimum atomic E-state index is 0. The summed E-state index contributed by atoms with van der Waals surface area (Å²) in [7, 11) is 0. The minimum absolute atomic E-state index is 0. The van der Waals surface area contributed by atoms with Crippen LogP contribution < -0.4 is 46.1 Å². The third-order valence-corrected chi connectivity index (χ3v) is 3.27. The van der Waals surface area contributed by atoms with E-state index in [1.807, 2.05) is 0 Å². The average Bonchev–Trinajstić information content (AvgIpc) is 2.29. The second-order valence-electron chi connectivity index (χ2n) is 4.45. The lowest BCUT2D eigenvalue weighted by Gasteiger charge is -2.25. The Hall–Kier alpha value is 0.340. The van der Waals surface area contributed by atoms with Crippen molar-refractivity contribution < 1.29 is 46.4 Å². The lowest BCUT2D eigenvalue weighted by atomic mass is 10.1. The summed E-state index contributed by atoms with van der Waals surface area (Å²) < 4.78 is 0. The van der Waals surface area contributed by atoms with Crippen molar-refractivity contribution in [3.63, 3.8) is 0 Å². The molecule has 0 aromatic carbocycles. The van der Waals surface area contributed by atoms with E-state index < -0.39 is 0 Å². The number of nitrogens with one attached hydrogen (secondary N) is 2. The van der Waals surface area contributed by atoms with Gasteiger partial charge in [-0.25, -0.2) is 0 Å². The van der Waals surface area contributed by atoms with Gasteiger partial charge < -0.3 is 46.4 Å². The topological polar surface area (TPSA) is 120 Å². The van der Waals surface area contributed by atoms with Gasteiger partial charge in [0.15, 0.2) is 0 Å². The monoisotopic (exact) mass is 306 g/mol. The molecule has 2 heterocycles. The van der Waals surface area contributed by atoms with Gasteiger partial charge in [0, 0.05) is 38.8 Å². The Morgan fingerprint density at radius 2 is 1.17 bits per heavy atom. The van der Waals surface area contributed by atoms with Gasteiger partial charge in [0.2, 0.25) is 0 Å². The Labute approximate surface area is 121 Å². The van der Waals surface area contributed by atoms with E-state index >= 15 is 0 Å². The molecule has 18 heavy (non-hydrogen) atoms. The Morgan fingerprint density at radius 1 is 0.778 bits per heavy atom. The van der Waals surface area contributed by atoms with Crippen LogP contribution in [0.1, 0.15) is 25.7 Å². The number of rotatable bonds is 3. The molecule has 114 valence electrons. The first-order valence-electron chi connectivity index (χ1n) is 6.08. The van der Waals surface area contributed by atoms with Crippen molar-refractivity contribution in [2.45, 2.75) is 38.0 Å². The van der Waals surface area contributed by atoms with E-state index in [0.717, 1.165) is 0 Å². The highest BCUT2D eigenvalue weighted by atomic mass is 35.5. The molecule has 0 spiro atoms. The summed E-state index contributed by atoms with van der Waals surface area (Å²) in [5.74, 6) is 0. The van der Waals surface area contributed by atoms with Crippen molar-refractivity contribution in [2.24, 2.45) is 0 Å². The van der Waals surface area contributed by atoms with Gasteiger partial charge in [0.1, 0.15) is 12.3 Å². The number of halogens is 2. The molecule has 2 unspecified atom stereocenters. The SMILES string of the molecule is C1CNC(CCC2NCCC[NH2+]2)[NH2+]C1.O.O.[Cl-].[Cl-]. The molecule has 0 bridgehead atoms. The molecule has 0 amide bonds. The summed E-state index contributed by atoms with van der Waals surface area (Å²) in [5.41, 5.74) is 0. The van der Waals surface area contributed by atoms with Gasteiger partial charge in [-0.1, -0.05) is 0 Å². The molecule has 2 fully saturated rings. The maximum absolute atomic E-state index is 3.56. The Morgan fingerprint density at radius 3 is 1.44 bits per heavy atom. The molecule has 2 rings (SSSR count). The maximum Gasteiger partial charge on any atom is 0.140 e. The van der Waals surface area contributed by atoms with E-state index in [-0.39, 0.29) is 35.8 Å². The summed E-state index contributed by atoms with van der Waals surface area (Å²) in [4.78, 5) is 0. The van der Waals surface area contributed by atoms with Crippen molar-refractivity contribution in [3.05, 3.63) is 0 Å². The van der Waals surface area contributed by atoms with E-state index in [0.29, 0.717) is 12.3 Å². The zero-order valence-corrected chi connectivity index (χ0v) is 12.2. The first kappa shape index (κ1) is 23.4. The predicted octanol–water partition coefficient (Wildman–Crippen LogP) is -10.1. The zero-order valence-electron chi connectivity index (χ0n) is 10.7. The molecule has 2 aliphatic rings. The fourth-order valence-corrected chi connectivity index (χ4v) is 2.38. The summed E-state index contributed by atoms with van der Waals surface area (Å²) in [6.07, 6.45) is 6.61. The summed E-state index contributed by atoms with van der Waals surface area (Å²) in [6, 6.07) is 0. The van der Waals surface area contributed by atoms with Crippen molar-refractivity contribution in [3.8, 4) is 0 Å². The van der Waals surface area contributed by atoms with E-state index in [9.17, 15) is 0 Å². The van der Waals surface area contributed by atoms with Crippen LogP contribution in [0.5, 0.6) is 0 Å². The molecule has 2 aliphatic heterocycles. The van der Waals surface area contributed by atoms with Crippen molar-refractivity contribution in [1.82, 2.24) is 10.6 Å². The van der Waals surface area contributed by atoms with Crippen LogP contribution in [0.15, 0.2) is 0 Å². The molecular weight excluding hydrogens is 279 g/mol. The van der Waals surface area contributed by atoms with Crippen LogP contribution in [0.3, 0.4) is 0 Å². The molecule has 8 heteroatoms. The van der Waals surface area contributed by atoms with Crippen LogP contribution in [0.25, 0.3) is 0 Å². The predicted molar refractivity (Wildman–Crippen MR) is 62.9 cm³/mol. The summed E-state index contributed by atoms with van der Waals surface area (Å²) in [6.45, 7) is 5.03. The van der Waals surface area contributed by atoms with Gasteiger partial charge in [-0.05, 0) is 0 Å². The average molecular weight is 307 g/mol. The molecule has 0 radical (unpaired) electrons. The van der Waals surface area contributed by atoms with Gasteiger partial charge in [-0.15, -0.1) is 0 Å². The van der Waals surface area contributed by atoms with E-state index in [4.69, 9.17) is 0 Å². The van der Waals surface area contributed by atoms with Crippen LogP contribution >= 0.6 is 0 Å². The van der Waals surface area contributed by atoms with E-state index in [1.165, 1.54) is 51.9 Å². The van der Waals surface area contributed by atoms with Gasteiger partial charge in [0.05, 0.1) is 13.1 Å². The van der Waals surface area contributed by atoms with Gasteiger partial charge in [-0.3, -0.25) is 10.6 Å². The first-order valence-corrected chi connectivity index (χ1v) is 6.08. The van der Waals surface area contributed by atoms with Crippen LogP contribution in [-0.2, 0) is 0 Å². The minimum Gasteiger partial charge on any atom is -1.00 e. The van der Waals surface area contributed by atoms with Crippen LogP contribution in [-0.4, -0.2) is 49.5 Å². The lowest BCUT2D eigenvalue weighted by molar-refractivity contribution is -0.713. The maximum atomic E-state index is 3.56. The largest absolute Gasteiger partial charge is 1.00 e. The van der Waals surface area contributed by atoms with Gasteiger partial charge in [-0.2, -0.15) is 0 Å². The van der Waals surface area contributed by atoms with Gasteiger partial charge >= 0.3 is 0 Å². The normalized spacial score (nSPS) is 26.7. The molecule has 0 aromatic rings. The summed E-state index contributed by atoms with van der Waals surface area (Å²) >= 11 is 0. The summed E-state index contributed by atoms with van der Waals surface area (Å²) in [5, 5.41) is 12.0. The Kier molecular flexibility index (Phi) is 17.9. The van der Waals surface area contributed by atoms with Crippen LogP contribution in [0.4, 0.5) is 0 Å². The quantitative estimate of drug-likeness (QED) is 0.414.